The van der Waals surface area contributed by atoms with Crippen molar-refractivity contribution in [3.05, 3.63) is 138 Å². The van der Waals surface area contributed by atoms with Crippen molar-refractivity contribution in [2.45, 2.75) is 326 Å². The van der Waals surface area contributed by atoms with Gasteiger partial charge in [0.05, 0.1) is 25.2 Å². The number of nitrogens with one attached hydrogen (secondary N) is 7. The van der Waals surface area contributed by atoms with Crippen LogP contribution in [0.2, 0.25) is 0 Å². The largest absolute Gasteiger partial charge is 0.497 e. The Hall–Kier alpha value is -14.0. The number of alkyl carbamates (subject to hydrolysis) is 3. The summed E-state index contributed by atoms with van der Waals surface area (Å²) in [5.41, 5.74) is -2.10. The molecule has 149 heavy (non-hydrogen) atoms. The fourth-order valence-electron chi connectivity index (χ4n) is 20.1. The summed E-state index contributed by atoms with van der Waals surface area (Å²) in [6.07, 6.45) is 20.3. The number of ether oxygens (including phenoxy) is 4. The van der Waals surface area contributed by atoms with Gasteiger partial charge in [0.25, 0.3) is 11.8 Å². The first-order valence-corrected chi connectivity index (χ1v) is 52.4. The van der Waals surface area contributed by atoms with E-state index >= 15 is 0 Å². The Morgan fingerprint density at radius 3 is 1.09 bits per heavy atom. The minimum absolute atomic E-state index is 0.00936. The number of hydrogen-bond acceptors (Lipinski definition) is 25. The van der Waals surface area contributed by atoms with E-state index in [4.69, 9.17) is 34.2 Å². The van der Waals surface area contributed by atoms with Crippen molar-refractivity contribution in [1.29, 1.82) is 0 Å². The summed E-state index contributed by atoms with van der Waals surface area (Å²) in [5.74, 6) is -7.76. The molecule has 15 atom stereocenters. The Kier molecular flexibility index (Phi) is 36.6. The average Bonchev–Trinajstić information content (AvgIpc) is 1.58. The maximum atomic E-state index is 14.4. The molecule has 15 rings (SSSR count). The van der Waals surface area contributed by atoms with Crippen LogP contribution in [0.1, 0.15) is 277 Å². The zero-order valence-corrected chi connectivity index (χ0v) is 88.1. The molecule has 3 aromatic heterocycles. The molecular formula is C107H147N21O21. The lowest BCUT2D eigenvalue weighted by atomic mass is 10.0. The highest BCUT2D eigenvalue weighted by Gasteiger charge is 2.65. The van der Waals surface area contributed by atoms with Crippen molar-refractivity contribution < 1.29 is 101 Å². The van der Waals surface area contributed by atoms with Gasteiger partial charge in [-0.05, 0) is 197 Å². The van der Waals surface area contributed by atoms with E-state index in [-0.39, 0.29) is 93.2 Å². The van der Waals surface area contributed by atoms with Gasteiger partial charge in [-0.3, -0.25) is 43.3 Å². The second-order valence-corrected chi connectivity index (χ2v) is 42.7. The van der Waals surface area contributed by atoms with Gasteiger partial charge in [0.15, 0.2) is 11.4 Å². The summed E-state index contributed by atoms with van der Waals surface area (Å²) in [5, 5.41) is 78.5. The van der Waals surface area contributed by atoms with Crippen LogP contribution in [-0.4, -0.2) is 297 Å². The molecule has 11 amide bonds. The number of nitrogens with zero attached hydrogens (tertiary/aromatic N) is 14. The first kappa shape index (κ1) is 112. The van der Waals surface area contributed by atoms with E-state index in [0.29, 0.717) is 93.0 Å². The molecule has 9 aliphatic rings. The van der Waals surface area contributed by atoms with Crippen molar-refractivity contribution in [2.24, 2.45) is 17.8 Å². The number of hydrogen-bond donors (Lipinski definition) is 10. The molecule has 42 heteroatoms. The zero-order chi connectivity index (χ0) is 108. The fourth-order valence-corrected chi connectivity index (χ4v) is 20.1. The first-order chi connectivity index (χ1) is 70.9. The van der Waals surface area contributed by atoms with Gasteiger partial charge in [-0.2, -0.15) is 34.8 Å². The monoisotopic (exact) mass is 2060 g/mol. The number of allylic oxidation sites excluding steroid dienone is 3. The third kappa shape index (κ3) is 27.8. The molecule has 6 fully saturated rings. The third-order valence-electron chi connectivity index (χ3n) is 28.5. The standard InChI is InChI=1S/C37H51N7O8.C36H51N7O6.C34H45N7O7/c1-7-42(8-2)33(47)30-29(23-16-18-26(51-6)19-17-23)40-44(41-30)25-20-28-31(45)39-37(34(48)49)21-24(37)14-12-10-9-11-13-15-27(32(46)43(28)22-25)38-35(50)52-36(3,4)5;1-6-41(7-2)23-28-30(24-16-12-11-13-17-24)40-43(39-28)26-20-29-31(44)38-36(33(46)47)21-25(36)18-14-9-8-10-15-19-27(32(45)42(29)22-26)37-34(48)49-35(3,4)5;1-5-35-29(43)27-26(21-14-10-9-11-15-21)38-41(39-27)23-18-25-28(42)37-34(31(45)46)19-22(34)16-12-7-6-8-13-17-24(30(44)40(25)20-23)36-32(47)48-33(2,3)4/h12,14,16-19,24-25,27-28H,7-11,13,15,20-22H2,1-6H3,(H,38,50)(H,39,45)(H,48,49);11-14,16-18,25-27,29H,6-10,15,19-23H2,1-5H3,(H,37,48)(H,38,44)(H,46,47);9-12,14-16,22-25H,5-8,13,17-20H2,1-4H3,(H,35,43)(H,36,47)(H,37,42)(H,45,46)/b14-12-;18-14-;16-12-/t24-,25+,27-,28+,37+;25-,26+,27-,29+,36+;22-,23+,24-,25+,34+/m111/s1. The smallest absolute Gasteiger partial charge is 0.408 e. The lowest BCUT2D eigenvalue weighted by Crippen LogP contribution is -2.56. The summed E-state index contributed by atoms with van der Waals surface area (Å²) >= 11 is 0. The average molecular weight is 2060 g/mol. The van der Waals surface area contributed by atoms with E-state index in [0.717, 1.165) is 87.8 Å². The Morgan fingerprint density at radius 1 is 0.423 bits per heavy atom. The molecule has 42 nitrogen and oxygen atoms in total. The van der Waals surface area contributed by atoms with Crippen LogP contribution in [0.15, 0.2) is 121 Å². The number of fused-ring (bicyclic) bond motifs is 6. The van der Waals surface area contributed by atoms with Gasteiger partial charge < -0.3 is 91.1 Å². The van der Waals surface area contributed by atoms with E-state index in [1.54, 1.807) is 110 Å². The highest BCUT2D eigenvalue weighted by Crippen LogP contribution is 2.49. The van der Waals surface area contributed by atoms with Crippen LogP contribution in [0.25, 0.3) is 33.8 Å². The number of carboxylic acid groups (broad SMARTS) is 3. The van der Waals surface area contributed by atoms with Crippen molar-refractivity contribution in [2.75, 3.05) is 59.5 Å². The van der Waals surface area contributed by atoms with E-state index < -0.39 is 165 Å². The predicted octanol–water partition coefficient (Wildman–Crippen LogP) is 11.5. The summed E-state index contributed by atoms with van der Waals surface area (Å²) in [7, 11) is 1.56. The molecule has 0 radical (unpaired) electrons. The molecule has 10 N–H and O–H groups in total. The highest BCUT2D eigenvalue weighted by molar-refractivity contribution is 6.01. The molecule has 0 spiro atoms. The first-order valence-electron chi connectivity index (χ1n) is 52.4. The number of carboxylic acids is 3. The molecule has 3 aromatic carbocycles. The molecule has 0 bridgehead atoms. The van der Waals surface area contributed by atoms with Crippen LogP contribution in [0, 0.1) is 17.8 Å². The van der Waals surface area contributed by atoms with Crippen LogP contribution in [0.5, 0.6) is 5.75 Å². The van der Waals surface area contributed by atoms with Crippen LogP contribution < -0.4 is 42.0 Å². The third-order valence-corrected chi connectivity index (χ3v) is 28.5. The minimum Gasteiger partial charge on any atom is -0.497 e. The summed E-state index contributed by atoms with van der Waals surface area (Å²) in [6.45, 7) is 28.9. The second kappa shape index (κ2) is 48.6. The Labute approximate surface area is 868 Å². The number of aromatic nitrogens is 9. The van der Waals surface area contributed by atoms with E-state index in [1.807, 2.05) is 111 Å². The normalized spacial score (nSPS) is 26.5. The maximum absolute atomic E-state index is 14.4. The van der Waals surface area contributed by atoms with Crippen LogP contribution in [-0.2, 0) is 63.9 Å². The van der Waals surface area contributed by atoms with Crippen LogP contribution >= 0.6 is 0 Å². The number of benzene rings is 3. The van der Waals surface area contributed by atoms with Crippen LogP contribution in [0.4, 0.5) is 14.4 Å². The topological polar surface area (TPSA) is 529 Å². The van der Waals surface area contributed by atoms with Crippen molar-refractivity contribution in [3.63, 3.8) is 0 Å². The van der Waals surface area contributed by atoms with Gasteiger partial charge in [0, 0.05) is 99.5 Å². The second-order valence-electron chi connectivity index (χ2n) is 42.7. The molecule has 3 aliphatic carbocycles. The van der Waals surface area contributed by atoms with E-state index in [9.17, 15) is 82.4 Å². The van der Waals surface area contributed by atoms with Crippen LogP contribution in [0.3, 0.4) is 0 Å². The summed E-state index contributed by atoms with van der Waals surface area (Å²) < 4.78 is 21.8. The number of amides is 11. The highest BCUT2D eigenvalue weighted by atomic mass is 16.6. The predicted molar refractivity (Wildman–Crippen MR) is 548 cm³/mol. The molecule has 6 aromatic rings. The van der Waals surface area contributed by atoms with E-state index in [1.165, 1.54) is 24.3 Å². The number of methoxy groups -OCH3 is 1. The lowest BCUT2D eigenvalue weighted by molar-refractivity contribution is -0.146. The summed E-state index contributed by atoms with van der Waals surface area (Å²) in [6, 6.07) is 18.1. The molecule has 9 heterocycles. The molecule has 3 saturated carbocycles. The van der Waals surface area contributed by atoms with Gasteiger partial charge in [-0.15, -0.1) is 10.2 Å². The minimum atomic E-state index is -1.48. The molecule has 3 saturated heterocycles. The van der Waals surface area contributed by atoms with Gasteiger partial charge in [0.2, 0.25) is 35.4 Å². The summed E-state index contributed by atoms with van der Waals surface area (Å²) in [4.78, 5) is 201. The molecule has 6 aliphatic heterocycles. The Balaban J connectivity index is 0.000000187. The SMILES string of the molecule is CCN(CC)C(=O)c1nn([C@H]2C[C@H]3C(=O)N[C@@]4(C(=O)O)C[C@H]4/C=C\CCCCC[C@@H](NC(=O)OC(C)(C)C)C(=O)N3C2)nc1-c1ccc(OC)cc1.CCN(CC)Cc1nn([C@H]2C[C@H]3C(=O)N[C@@]4(C(=O)O)C[C@H]4/C=C\CCCCC[C@@H](NC(=O)OC(C)(C)C)C(=O)N3C2)nc1-c1ccccc1.CCNC(=O)c1nn([C@H]2C[C@H]3C(=O)N[C@@]4(C(=O)O)C[C@H]4/C=C\CCCCC[C@@H](NC(=O)OC(C)(C)C)C(=O)N3C2)nc1-c1ccccc1. The van der Waals surface area contributed by atoms with Gasteiger partial charge in [-0.25, -0.2) is 28.8 Å². The quantitative estimate of drug-likeness (QED) is 0.0223. The molecular weight excluding hydrogens is 1920 g/mol. The Morgan fingerprint density at radius 2 is 0.758 bits per heavy atom. The fraction of sp³-hybridized carbons (Fsp3) is 0.589. The maximum Gasteiger partial charge on any atom is 0.408 e. The van der Waals surface area contributed by atoms with Crippen molar-refractivity contribution in [1.82, 2.24) is 107 Å². The number of carbonyl (C=O) groups excluding carboxylic acids is 11. The molecule has 0 unspecified atom stereocenters. The Bertz CT molecular complexity index is 5900. The van der Waals surface area contributed by atoms with Crippen molar-refractivity contribution >= 4 is 83.4 Å². The van der Waals surface area contributed by atoms with Gasteiger partial charge in [-0.1, -0.05) is 149 Å². The zero-order valence-electron chi connectivity index (χ0n) is 88.1. The lowest BCUT2D eigenvalue weighted by Gasteiger charge is -2.30. The molecule has 806 valence electrons. The van der Waals surface area contributed by atoms with Gasteiger partial charge >= 0.3 is 36.2 Å². The van der Waals surface area contributed by atoms with Crippen molar-refractivity contribution in [3.8, 4) is 39.5 Å². The number of aliphatic carboxylic acids is 3. The van der Waals surface area contributed by atoms with E-state index in [2.05, 4.69) is 71.3 Å². The number of rotatable bonds is 22. The number of carbonyl (C=O) groups is 14. The van der Waals surface area contributed by atoms with Gasteiger partial charge in [0.1, 0.15) is 98.2 Å².